The molecule has 1 aromatic carbocycles. The van der Waals surface area contributed by atoms with Crippen molar-refractivity contribution in [1.29, 1.82) is 0 Å². The number of benzene rings is 1. The Balaban J connectivity index is 0.00000338. The minimum atomic E-state index is -3.67. The fraction of sp³-hybridized carbons (Fsp3) is 0.611. The van der Waals surface area contributed by atoms with Gasteiger partial charge in [-0.05, 0) is 38.4 Å². The standard InChI is InChI=1S/C18H29N3O3S.ClH/c1-4-5-12-20(3)18(22)16-8-6-7-9-17(16)25(23,24)21-13-10-15(19-2)11-14-21;/h6-9,15,19H,4-5,10-14H2,1-3H3;1H. The molecule has 1 aliphatic heterocycles. The number of nitrogens with one attached hydrogen (secondary N) is 1. The number of hydrogen-bond donors (Lipinski definition) is 1. The van der Waals surface area contributed by atoms with Crippen molar-refractivity contribution in [1.82, 2.24) is 14.5 Å². The van der Waals surface area contributed by atoms with E-state index < -0.39 is 10.0 Å². The molecule has 0 aliphatic carbocycles. The zero-order valence-electron chi connectivity index (χ0n) is 15.8. The maximum absolute atomic E-state index is 13.1. The van der Waals surface area contributed by atoms with Crippen molar-refractivity contribution in [2.45, 2.75) is 43.5 Å². The fourth-order valence-corrected chi connectivity index (χ4v) is 4.75. The Hall–Kier alpha value is -1.15. The molecule has 2 rings (SSSR count). The fourth-order valence-electron chi connectivity index (χ4n) is 3.09. The van der Waals surface area contributed by atoms with Crippen molar-refractivity contribution < 1.29 is 13.2 Å². The van der Waals surface area contributed by atoms with Gasteiger partial charge in [-0.2, -0.15) is 4.31 Å². The van der Waals surface area contributed by atoms with Gasteiger partial charge in [-0.25, -0.2) is 8.42 Å². The van der Waals surface area contributed by atoms with E-state index in [-0.39, 0.29) is 28.8 Å². The van der Waals surface area contributed by atoms with Gasteiger partial charge < -0.3 is 10.2 Å². The van der Waals surface area contributed by atoms with Gasteiger partial charge in [0.05, 0.1) is 10.5 Å². The van der Waals surface area contributed by atoms with E-state index in [0.29, 0.717) is 25.7 Å². The van der Waals surface area contributed by atoms with Crippen LogP contribution < -0.4 is 5.32 Å². The smallest absolute Gasteiger partial charge is 0.254 e. The number of sulfonamides is 1. The topological polar surface area (TPSA) is 69.7 Å². The third kappa shape index (κ3) is 5.19. The summed E-state index contributed by atoms with van der Waals surface area (Å²) in [7, 11) is -0.0455. The highest BCUT2D eigenvalue weighted by molar-refractivity contribution is 7.89. The molecule has 0 unspecified atom stereocenters. The van der Waals surface area contributed by atoms with Crippen LogP contribution in [0.15, 0.2) is 29.2 Å². The number of piperidine rings is 1. The predicted octanol–water partition coefficient (Wildman–Crippen LogP) is 2.35. The van der Waals surface area contributed by atoms with Crippen LogP contribution in [0.25, 0.3) is 0 Å². The molecule has 0 spiro atoms. The van der Waals surface area contributed by atoms with E-state index in [1.54, 1.807) is 36.2 Å². The molecule has 1 fully saturated rings. The van der Waals surface area contributed by atoms with Crippen molar-refractivity contribution in [3.8, 4) is 0 Å². The molecule has 0 atom stereocenters. The van der Waals surface area contributed by atoms with Crippen LogP contribution in [0.3, 0.4) is 0 Å². The van der Waals surface area contributed by atoms with Gasteiger partial charge in [0.2, 0.25) is 10.0 Å². The monoisotopic (exact) mass is 403 g/mol. The second kappa shape index (κ2) is 10.3. The van der Waals surface area contributed by atoms with Crippen LogP contribution in [0.5, 0.6) is 0 Å². The highest BCUT2D eigenvalue weighted by Crippen LogP contribution is 2.24. The minimum absolute atomic E-state index is 0. The summed E-state index contributed by atoms with van der Waals surface area (Å²) in [6.45, 7) is 3.63. The Morgan fingerprint density at radius 3 is 2.46 bits per heavy atom. The molecular weight excluding hydrogens is 374 g/mol. The Bertz CT molecular complexity index is 689. The Labute approximate surface area is 163 Å². The molecule has 0 radical (unpaired) electrons. The van der Waals surface area contributed by atoms with Crippen LogP contribution in [-0.2, 0) is 10.0 Å². The number of carbonyl (C=O) groups excluding carboxylic acids is 1. The Morgan fingerprint density at radius 2 is 1.88 bits per heavy atom. The number of rotatable bonds is 7. The highest BCUT2D eigenvalue weighted by atomic mass is 35.5. The minimum Gasteiger partial charge on any atom is -0.342 e. The van der Waals surface area contributed by atoms with E-state index in [9.17, 15) is 13.2 Å². The molecule has 1 amide bonds. The van der Waals surface area contributed by atoms with E-state index in [1.165, 1.54) is 4.31 Å². The van der Waals surface area contributed by atoms with Crippen LogP contribution >= 0.6 is 12.4 Å². The van der Waals surface area contributed by atoms with Crippen molar-refractivity contribution in [3.63, 3.8) is 0 Å². The van der Waals surface area contributed by atoms with Crippen molar-refractivity contribution in [3.05, 3.63) is 29.8 Å². The summed E-state index contributed by atoms with van der Waals surface area (Å²) in [6.07, 6.45) is 3.44. The van der Waals surface area contributed by atoms with Gasteiger partial charge in [0.15, 0.2) is 0 Å². The third-order valence-electron chi connectivity index (χ3n) is 4.79. The number of unbranched alkanes of at least 4 members (excludes halogenated alkanes) is 1. The number of nitrogens with zero attached hydrogens (tertiary/aromatic N) is 2. The number of halogens is 1. The lowest BCUT2D eigenvalue weighted by molar-refractivity contribution is 0.0789. The molecule has 0 saturated carbocycles. The first-order valence-corrected chi connectivity index (χ1v) is 10.4. The predicted molar refractivity (Wildman–Crippen MR) is 106 cm³/mol. The molecule has 6 nitrogen and oxygen atoms in total. The molecule has 1 aliphatic rings. The first kappa shape index (κ1) is 22.9. The van der Waals surface area contributed by atoms with Gasteiger partial charge in [0, 0.05) is 32.7 Å². The largest absolute Gasteiger partial charge is 0.342 e. The van der Waals surface area contributed by atoms with Crippen molar-refractivity contribution in [2.75, 3.05) is 33.7 Å². The summed E-state index contributed by atoms with van der Waals surface area (Å²) in [6, 6.07) is 6.89. The molecule has 1 aromatic rings. The van der Waals surface area contributed by atoms with Crippen LogP contribution in [0, 0.1) is 0 Å². The summed E-state index contributed by atoms with van der Waals surface area (Å²) in [4.78, 5) is 14.5. The van der Waals surface area contributed by atoms with E-state index in [2.05, 4.69) is 12.2 Å². The molecule has 1 N–H and O–H groups in total. The molecule has 8 heteroatoms. The van der Waals surface area contributed by atoms with Gasteiger partial charge in [-0.3, -0.25) is 4.79 Å². The summed E-state index contributed by atoms with van der Waals surface area (Å²) in [5.74, 6) is -0.238. The van der Waals surface area contributed by atoms with Crippen LogP contribution in [0.1, 0.15) is 43.0 Å². The molecule has 148 valence electrons. The van der Waals surface area contributed by atoms with Gasteiger partial charge in [-0.15, -0.1) is 12.4 Å². The Kier molecular flexibility index (Phi) is 9.03. The van der Waals surface area contributed by atoms with E-state index in [0.717, 1.165) is 25.7 Å². The molecule has 1 heterocycles. The zero-order chi connectivity index (χ0) is 18.4. The average molecular weight is 404 g/mol. The lowest BCUT2D eigenvalue weighted by Crippen LogP contribution is -2.44. The highest BCUT2D eigenvalue weighted by Gasteiger charge is 2.32. The van der Waals surface area contributed by atoms with E-state index in [1.807, 2.05) is 7.05 Å². The maximum atomic E-state index is 13.1. The van der Waals surface area contributed by atoms with Crippen LogP contribution in [0.4, 0.5) is 0 Å². The first-order chi connectivity index (χ1) is 11.9. The van der Waals surface area contributed by atoms with Gasteiger partial charge in [-0.1, -0.05) is 25.5 Å². The molecule has 0 bridgehead atoms. The average Bonchev–Trinajstić information content (AvgIpc) is 2.65. The summed E-state index contributed by atoms with van der Waals surface area (Å²) in [5.41, 5.74) is 0.261. The lowest BCUT2D eigenvalue weighted by Gasteiger charge is -2.31. The quantitative estimate of drug-likeness (QED) is 0.758. The van der Waals surface area contributed by atoms with Crippen molar-refractivity contribution in [2.24, 2.45) is 0 Å². The SMILES string of the molecule is CCCCN(C)C(=O)c1ccccc1S(=O)(=O)N1CCC(NC)CC1.Cl. The summed E-state index contributed by atoms with van der Waals surface area (Å²) >= 11 is 0. The summed E-state index contributed by atoms with van der Waals surface area (Å²) in [5, 5.41) is 3.20. The molecule has 0 aromatic heterocycles. The second-order valence-corrected chi connectivity index (χ2v) is 8.45. The van der Waals surface area contributed by atoms with E-state index in [4.69, 9.17) is 0 Å². The number of hydrogen-bond acceptors (Lipinski definition) is 4. The number of carbonyl (C=O) groups is 1. The second-order valence-electron chi connectivity index (χ2n) is 6.54. The Morgan fingerprint density at radius 1 is 1.27 bits per heavy atom. The third-order valence-corrected chi connectivity index (χ3v) is 6.75. The lowest BCUT2D eigenvalue weighted by atomic mass is 10.1. The van der Waals surface area contributed by atoms with E-state index >= 15 is 0 Å². The normalized spacial score (nSPS) is 16.1. The van der Waals surface area contributed by atoms with Crippen LogP contribution in [-0.4, -0.2) is 63.3 Å². The van der Waals surface area contributed by atoms with Gasteiger partial charge in [0.1, 0.15) is 0 Å². The maximum Gasteiger partial charge on any atom is 0.254 e. The molecular formula is C18H30ClN3O3S. The van der Waals surface area contributed by atoms with Gasteiger partial charge >= 0.3 is 0 Å². The summed E-state index contributed by atoms with van der Waals surface area (Å²) < 4.78 is 27.7. The van der Waals surface area contributed by atoms with Crippen LogP contribution in [0.2, 0.25) is 0 Å². The molecule has 1 saturated heterocycles. The zero-order valence-corrected chi connectivity index (χ0v) is 17.4. The molecule has 26 heavy (non-hydrogen) atoms. The number of amides is 1. The first-order valence-electron chi connectivity index (χ1n) is 8.93. The van der Waals surface area contributed by atoms with Crippen molar-refractivity contribution >= 4 is 28.3 Å². The van der Waals surface area contributed by atoms with Gasteiger partial charge in [0.25, 0.3) is 5.91 Å².